The molecule has 1 heterocycles. The summed E-state index contributed by atoms with van der Waals surface area (Å²) in [5.41, 5.74) is 3.42. The Morgan fingerprint density at radius 2 is 1.77 bits per heavy atom. The molecule has 2 N–H and O–H groups in total. The van der Waals surface area contributed by atoms with E-state index in [2.05, 4.69) is 46.1 Å². The summed E-state index contributed by atoms with van der Waals surface area (Å²) < 4.78 is 25.5. The Morgan fingerprint density at radius 3 is 2.47 bits per heavy atom. The van der Waals surface area contributed by atoms with Gasteiger partial charge in [0.2, 0.25) is 15.9 Å². The highest BCUT2D eigenvalue weighted by molar-refractivity contribution is 7.92. The minimum absolute atomic E-state index is 0.115. The summed E-state index contributed by atoms with van der Waals surface area (Å²) >= 11 is 0. The van der Waals surface area contributed by atoms with Gasteiger partial charge in [-0.2, -0.15) is 0 Å². The molecule has 0 radical (unpaired) electrons. The molecule has 1 unspecified atom stereocenters. The van der Waals surface area contributed by atoms with Gasteiger partial charge in [0.25, 0.3) is 0 Å². The van der Waals surface area contributed by atoms with Crippen molar-refractivity contribution in [3.63, 3.8) is 0 Å². The van der Waals surface area contributed by atoms with E-state index in [-0.39, 0.29) is 12.3 Å². The van der Waals surface area contributed by atoms with Gasteiger partial charge in [-0.1, -0.05) is 48.9 Å². The van der Waals surface area contributed by atoms with E-state index in [4.69, 9.17) is 0 Å². The Kier molecular flexibility index (Phi) is 7.50. The fourth-order valence-corrected chi connectivity index (χ4v) is 4.40. The van der Waals surface area contributed by atoms with Gasteiger partial charge in [0.15, 0.2) is 0 Å². The first-order chi connectivity index (χ1) is 14.3. The van der Waals surface area contributed by atoms with E-state index in [9.17, 15) is 13.2 Å². The number of carbonyl (C=O) groups is 1. The number of nitrogens with one attached hydrogen (secondary N) is 2. The van der Waals surface area contributed by atoms with Crippen LogP contribution in [0, 0.1) is 0 Å². The number of benzene rings is 2. The maximum Gasteiger partial charge on any atom is 0.229 e. The smallest absolute Gasteiger partial charge is 0.229 e. The van der Waals surface area contributed by atoms with Crippen LogP contribution in [0.5, 0.6) is 0 Å². The highest BCUT2D eigenvalue weighted by Gasteiger charge is 2.18. The van der Waals surface area contributed by atoms with Crippen LogP contribution in [-0.4, -0.2) is 38.1 Å². The Balaban J connectivity index is 1.52. The summed E-state index contributed by atoms with van der Waals surface area (Å²) in [5.74, 6) is -0.149. The summed E-state index contributed by atoms with van der Waals surface area (Å²) in [5, 5.41) is 2.92. The van der Waals surface area contributed by atoms with E-state index >= 15 is 0 Å². The molecule has 0 saturated carbocycles. The summed E-state index contributed by atoms with van der Waals surface area (Å²) in [4.78, 5) is 14.9. The number of sulfonamides is 1. The SMILES string of the molecule is CC1CCCCN1Cc1ccc(CNC(=O)Cc2ccccc2NS(C)(=O)=O)cc1. The lowest BCUT2D eigenvalue weighted by molar-refractivity contribution is -0.120. The fraction of sp³-hybridized carbons (Fsp3) is 0.435. The largest absolute Gasteiger partial charge is 0.352 e. The third-order valence-electron chi connectivity index (χ3n) is 5.50. The van der Waals surface area contributed by atoms with Crippen molar-refractivity contribution in [3.8, 4) is 0 Å². The number of piperidine rings is 1. The van der Waals surface area contributed by atoms with Crippen molar-refractivity contribution >= 4 is 21.6 Å². The van der Waals surface area contributed by atoms with Crippen LogP contribution in [0.25, 0.3) is 0 Å². The number of hydrogen-bond acceptors (Lipinski definition) is 4. The molecule has 0 bridgehead atoms. The monoisotopic (exact) mass is 429 g/mol. The summed E-state index contributed by atoms with van der Waals surface area (Å²) in [6.07, 6.45) is 5.08. The third-order valence-corrected chi connectivity index (χ3v) is 6.09. The lowest BCUT2D eigenvalue weighted by atomic mass is 10.0. The molecule has 2 aromatic rings. The van der Waals surface area contributed by atoms with E-state index < -0.39 is 10.0 Å². The van der Waals surface area contributed by atoms with Crippen molar-refractivity contribution in [1.29, 1.82) is 0 Å². The lowest BCUT2D eigenvalue weighted by Crippen LogP contribution is -2.36. The maximum absolute atomic E-state index is 12.4. The molecular weight excluding hydrogens is 398 g/mol. The van der Waals surface area contributed by atoms with Crippen LogP contribution in [0.1, 0.15) is 42.9 Å². The Labute approximate surface area is 179 Å². The van der Waals surface area contributed by atoms with Crippen LogP contribution < -0.4 is 10.0 Å². The zero-order chi connectivity index (χ0) is 21.6. The molecule has 1 saturated heterocycles. The van der Waals surface area contributed by atoms with Crippen LogP contribution in [-0.2, 0) is 34.3 Å². The molecule has 0 aromatic heterocycles. The van der Waals surface area contributed by atoms with Crippen LogP contribution in [0.15, 0.2) is 48.5 Å². The molecule has 0 spiro atoms. The maximum atomic E-state index is 12.4. The lowest BCUT2D eigenvalue weighted by Gasteiger charge is -2.33. The van der Waals surface area contributed by atoms with Crippen LogP contribution in [0.4, 0.5) is 5.69 Å². The standard InChI is InChI=1S/C23H31N3O3S/c1-18-7-5-6-14-26(18)17-20-12-10-19(11-13-20)16-24-23(27)15-21-8-3-4-9-22(21)25-30(2,28)29/h3-4,8-13,18,25H,5-7,14-17H2,1-2H3,(H,24,27). The number of rotatable bonds is 8. The fourth-order valence-electron chi connectivity index (χ4n) is 3.80. The molecule has 6 nitrogen and oxygen atoms in total. The second kappa shape index (κ2) is 10.1. The Bertz CT molecular complexity index is 958. The van der Waals surface area contributed by atoms with Crippen molar-refractivity contribution in [3.05, 3.63) is 65.2 Å². The first kappa shape index (κ1) is 22.3. The third kappa shape index (κ3) is 6.85. The predicted molar refractivity (Wildman–Crippen MR) is 121 cm³/mol. The molecular formula is C23H31N3O3S. The molecule has 2 aromatic carbocycles. The van der Waals surface area contributed by atoms with Gasteiger partial charge in [-0.15, -0.1) is 0 Å². The Morgan fingerprint density at radius 1 is 1.07 bits per heavy atom. The van der Waals surface area contributed by atoms with Gasteiger partial charge in [0.05, 0.1) is 18.4 Å². The number of para-hydroxylation sites is 1. The van der Waals surface area contributed by atoms with Crippen molar-refractivity contribution in [2.75, 3.05) is 17.5 Å². The van der Waals surface area contributed by atoms with E-state index in [1.165, 1.54) is 24.8 Å². The Hall–Kier alpha value is -2.38. The van der Waals surface area contributed by atoms with E-state index in [0.717, 1.165) is 24.9 Å². The minimum atomic E-state index is -3.39. The second-order valence-electron chi connectivity index (χ2n) is 8.12. The van der Waals surface area contributed by atoms with Crippen molar-refractivity contribution in [2.24, 2.45) is 0 Å². The van der Waals surface area contributed by atoms with Gasteiger partial charge >= 0.3 is 0 Å². The number of hydrogen-bond donors (Lipinski definition) is 2. The quantitative estimate of drug-likeness (QED) is 0.675. The van der Waals surface area contributed by atoms with Gasteiger partial charge in [0.1, 0.15) is 0 Å². The normalized spacial score (nSPS) is 17.5. The van der Waals surface area contributed by atoms with Gasteiger partial charge in [-0.05, 0) is 49.1 Å². The number of amides is 1. The van der Waals surface area contributed by atoms with Gasteiger partial charge in [-0.3, -0.25) is 14.4 Å². The molecule has 1 aliphatic heterocycles. The van der Waals surface area contributed by atoms with Gasteiger partial charge in [0, 0.05) is 19.1 Å². The van der Waals surface area contributed by atoms with Crippen molar-refractivity contribution in [2.45, 2.75) is 51.7 Å². The van der Waals surface area contributed by atoms with E-state index in [0.29, 0.717) is 23.8 Å². The predicted octanol–water partition coefficient (Wildman–Crippen LogP) is 3.29. The highest BCUT2D eigenvalue weighted by Crippen LogP contribution is 2.20. The zero-order valence-electron chi connectivity index (χ0n) is 17.7. The zero-order valence-corrected chi connectivity index (χ0v) is 18.5. The van der Waals surface area contributed by atoms with Crippen LogP contribution >= 0.6 is 0 Å². The molecule has 1 atom stereocenters. The molecule has 1 aliphatic rings. The molecule has 162 valence electrons. The topological polar surface area (TPSA) is 78.5 Å². The van der Waals surface area contributed by atoms with E-state index in [1.807, 2.05) is 0 Å². The average molecular weight is 430 g/mol. The average Bonchev–Trinajstić information content (AvgIpc) is 2.70. The molecule has 1 amide bonds. The van der Waals surface area contributed by atoms with Crippen LogP contribution in [0.2, 0.25) is 0 Å². The van der Waals surface area contributed by atoms with Gasteiger partial charge < -0.3 is 5.32 Å². The number of anilines is 1. The first-order valence-electron chi connectivity index (χ1n) is 10.4. The van der Waals surface area contributed by atoms with Crippen LogP contribution in [0.3, 0.4) is 0 Å². The first-order valence-corrected chi connectivity index (χ1v) is 12.3. The molecule has 30 heavy (non-hydrogen) atoms. The highest BCUT2D eigenvalue weighted by atomic mass is 32.2. The summed E-state index contributed by atoms with van der Waals surface area (Å²) in [7, 11) is -3.39. The number of likely N-dealkylation sites (tertiary alicyclic amines) is 1. The molecule has 7 heteroatoms. The molecule has 3 rings (SSSR count). The summed E-state index contributed by atoms with van der Waals surface area (Å²) in [6, 6.07) is 16.0. The number of carbonyl (C=O) groups excluding carboxylic acids is 1. The van der Waals surface area contributed by atoms with Gasteiger partial charge in [-0.25, -0.2) is 8.42 Å². The molecule has 0 aliphatic carbocycles. The minimum Gasteiger partial charge on any atom is -0.352 e. The van der Waals surface area contributed by atoms with Crippen molar-refractivity contribution in [1.82, 2.24) is 10.2 Å². The van der Waals surface area contributed by atoms with E-state index in [1.54, 1.807) is 24.3 Å². The molecule has 1 fully saturated rings. The summed E-state index contributed by atoms with van der Waals surface area (Å²) in [6.45, 7) is 4.88. The number of nitrogens with zero attached hydrogens (tertiary/aromatic N) is 1. The second-order valence-corrected chi connectivity index (χ2v) is 9.87. The van der Waals surface area contributed by atoms with Crippen molar-refractivity contribution < 1.29 is 13.2 Å².